The lowest BCUT2D eigenvalue weighted by Gasteiger charge is -2.24. The molecule has 0 heterocycles. The quantitative estimate of drug-likeness (QED) is 0.370. The number of aliphatic imine (C=N–C) groups is 1. The van der Waals surface area contributed by atoms with Crippen LogP contribution in [0.2, 0.25) is 0 Å². The first-order valence-corrected chi connectivity index (χ1v) is 9.26. The minimum atomic E-state index is 0.450. The summed E-state index contributed by atoms with van der Waals surface area (Å²) >= 11 is 0. The molecule has 0 aromatic carbocycles. The van der Waals surface area contributed by atoms with Crippen molar-refractivity contribution in [2.24, 2.45) is 34.1 Å². The minimum absolute atomic E-state index is 0.450. The first-order valence-electron chi connectivity index (χ1n) is 9.26. The normalized spacial score (nSPS) is 34.9. The van der Waals surface area contributed by atoms with Crippen LogP contribution in [0.1, 0.15) is 73.1 Å². The molecule has 1 nitrogen and oxygen atoms in total. The summed E-state index contributed by atoms with van der Waals surface area (Å²) in [6, 6.07) is 0. The van der Waals surface area contributed by atoms with Gasteiger partial charge in [-0.2, -0.15) is 0 Å². The van der Waals surface area contributed by atoms with Crippen LogP contribution in [0, 0.1) is 29.1 Å². The molecule has 0 aromatic rings. The zero-order chi connectivity index (χ0) is 15.5. The van der Waals surface area contributed by atoms with Gasteiger partial charge >= 0.3 is 0 Å². The van der Waals surface area contributed by atoms with Gasteiger partial charge in [-0.25, -0.2) is 0 Å². The second-order valence-corrected chi connectivity index (χ2v) is 7.74. The van der Waals surface area contributed by atoms with Gasteiger partial charge < -0.3 is 0 Å². The summed E-state index contributed by atoms with van der Waals surface area (Å²) in [7, 11) is 0. The predicted octanol–water partition coefficient (Wildman–Crippen LogP) is 5.90. The van der Waals surface area contributed by atoms with Crippen LogP contribution in [-0.2, 0) is 0 Å². The van der Waals surface area contributed by atoms with Crippen molar-refractivity contribution in [1.29, 1.82) is 0 Å². The molecule has 4 unspecified atom stereocenters. The van der Waals surface area contributed by atoms with E-state index in [2.05, 4.69) is 46.9 Å². The summed E-state index contributed by atoms with van der Waals surface area (Å²) in [5, 5.41) is 0. The third kappa shape index (κ3) is 4.20. The molecular weight excluding hydrogens is 254 g/mol. The first kappa shape index (κ1) is 16.8. The molecule has 0 saturated heterocycles. The van der Waals surface area contributed by atoms with Crippen LogP contribution >= 0.6 is 0 Å². The number of hydrogen-bond acceptors (Lipinski definition) is 1. The van der Waals surface area contributed by atoms with Gasteiger partial charge in [0.1, 0.15) is 0 Å². The zero-order valence-corrected chi connectivity index (χ0v) is 14.9. The lowest BCUT2D eigenvalue weighted by Crippen LogP contribution is -2.17. The average molecular weight is 290 g/mol. The van der Waals surface area contributed by atoms with Gasteiger partial charge in [0, 0.05) is 11.6 Å². The van der Waals surface area contributed by atoms with E-state index in [0.29, 0.717) is 5.41 Å². The van der Waals surface area contributed by atoms with Gasteiger partial charge in [-0.15, -0.1) is 0 Å². The van der Waals surface area contributed by atoms with Crippen LogP contribution in [-0.4, -0.2) is 12.8 Å². The standard InChI is InChI=1S/C20H35N/c1-6-16-11-18(16)9-10-21-14-20(13-19(20)8-3)12-17(7-2)15(4)5/h9,14-17,19H,6-8,10-13H2,1-5H3/b18-9-,21-14?. The lowest BCUT2D eigenvalue weighted by atomic mass is 9.82. The molecule has 2 saturated carbocycles. The fourth-order valence-corrected chi connectivity index (χ4v) is 4.04. The van der Waals surface area contributed by atoms with E-state index in [9.17, 15) is 0 Å². The Hall–Kier alpha value is -0.590. The molecule has 2 fully saturated rings. The molecular formula is C20H35N. The van der Waals surface area contributed by atoms with E-state index in [4.69, 9.17) is 4.99 Å². The molecule has 0 bridgehead atoms. The SMILES string of the molecule is CCC1C/C1=C/CN=CC1(CC(CC)C(C)C)CC1CC. The molecule has 0 amide bonds. The predicted molar refractivity (Wildman–Crippen MR) is 93.9 cm³/mol. The molecule has 0 radical (unpaired) electrons. The van der Waals surface area contributed by atoms with Crippen molar-refractivity contribution in [1.82, 2.24) is 0 Å². The van der Waals surface area contributed by atoms with Gasteiger partial charge in [-0.1, -0.05) is 59.1 Å². The summed E-state index contributed by atoms with van der Waals surface area (Å²) in [6.45, 7) is 12.7. The number of nitrogens with zero attached hydrogens (tertiary/aromatic N) is 1. The van der Waals surface area contributed by atoms with E-state index < -0.39 is 0 Å². The van der Waals surface area contributed by atoms with Gasteiger partial charge in [-0.05, 0) is 49.4 Å². The van der Waals surface area contributed by atoms with Crippen molar-refractivity contribution in [2.75, 3.05) is 6.54 Å². The molecule has 0 spiro atoms. The third-order valence-corrected chi connectivity index (χ3v) is 6.03. The highest BCUT2D eigenvalue weighted by Gasteiger charge is 2.52. The molecule has 0 N–H and O–H groups in total. The van der Waals surface area contributed by atoms with Crippen LogP contribution < -0.4 is 0 Å². The van der Waals surface area contributed by atoms with E-state index >= 15 is 0 Å². The summed E-state index contributed by atoms with van der Waals surface area (Å²) in [6.07, 6.45) is 12.7. The third-order valence-electron chi connectivity index (χ3n) is 6.03. The minimum Gasteiger partial charge on any atom is -0.293 e. The molecule has 4 atom stereocenters. The highest BCUT2D eigenvalue weighted by Crippen LogP contribution is 2.58. The largest absolute Gasteiger partial charge is 0.293 e. The van der Waals surface area contributed by atoms with Gasteiger partial charge in [0.2, 0.25) is 0 Å². The zero-order valence-electron chi connectivity index (χ0n) is 14.9. The second-order valence-electron chi connectivity index (χ2n) is 7.74. The van der Waals surface area contributed by atoms with Crippen molar-refractivity contribution in [3.63, 3.8) is 0 Å². The maximum atomic E-state index is 4.80. The van der Waals surface area contributed by atoms with Crippen molar-refractivity contribution >= 4 is 6.21 Å². The maximum Gasteiger partial charge on any atom is 0.0569 e. The van der Waals surface area contributed by atoms with E-state index in [1.807, 2.05) is 0 Å². The Balaban J connectivity index is 1.88. The van der Waals surface area contributed by atoms with E-state index in [1.54, 1.807) is 5.57 Å². The van der Waals surface area contributed by atoms with Crippen molar-refractivity contribution < 1.29 is 0 Å². The van der Waals surface area contributed by atoms with Crippen LogP contribution in [0.15, 0.2) is 16.6 Å². The van der Waals surface area contributed by atoms with E-state index in [-0.39, 0.29) is 0 Å². The van der Waals surface area contributed by atoms with E-state index in [1.165, 1.54) is 38.5 Å². The molecule has 0 aliphatic heterocycles. The Morgan fingerprint density at radius 2 is 2.00 bits per heavy atom. The monoisotopic (exact) mass is 289 g/mol. The topological polar surface area (TPSA) is 12.4 Å². The first-order chi connectivity index (χ1) is 10.1. The number of allylic oxidation sites excluding steroid dienone is 1. The number of rotatable bonds is 9. The second kappa shape index (κ2) is 7.11. The van der Waals surface area contributed by atoms with E-state index in [0.717, 1.165) is 30.2 Å². The summed E-state index contributed by atoms with van der Waals surface area (Å²) in [4.78, 5) is 4.80. The van der Waals surface area contributed by atoms with Gasteiger partial charge in [0.25, 0.3) is 0 Å². The molecule has 1 heteroatoms. The molecule has 2 rings (SSSR count). The fourth-order valence-electron chi connectivity index (χ4n) is 4.04. The Morgan fingerprint density at radius 1 is 1.24 bits per heavy atom. The van der Waals surface area contributed by atoms with Gasteiger partial charge in [0.15, 0.2) is 0 Å². The average Bonchev–Trinajstić information content (AvgIpc) is 3.36. The maximum absolute atomic E-state index is 4.80. The summed E-state index contributed by atoms with van der Waals surface area (Å²) < 4.78 is 0. The Bertz CT molecular complexity index is 393. The fraction of sp³-hybridized carbons (Fsp3) is 0.850. The molecule has 0 aromatic heterocycles. The Kier molecular flexibility index (Phi) is 5.68. The van der Waals surface area contributed by atoms with Crippen LogP contribution in [0.3, 0.4) is 0 Å². The van der Waals surface area contributed by atoms with Gasteiger partial charge in [0.05, 0.1) is 6.54 Å². The molecule has 120 valence electrons. The van der Waals surface area contributed by atoms with Crippen LogP contribution in [0.5, 0.6) is 0 Å². The Morgan fingerprint density at radius 3 is 2.48 bits per heavy atom. The van der Waals surface area contributed by atoms with Crippen molar-refractivity contribution in [3.8, 4) is 0 Å². The smallest absolute Gasteiger partial charge is 0.0569 e. The summed E-state index contributed by atoms with van der Waals surface area (Å²) in [5.41, 5.74) is 2.10. The molecule has 21 heavy (non-hydrogen) atoms. The van der Waals surface area contributed by atoms with Crippen LogP contribution in [0.25, 0.3) is 0 Å². The van der Waals surface area contributed by atoms with Crippen molar-refractivity contribution in [2.45, 2.75) is 73.1 Å². The molecule has 2 aliphatic rings. The summed E-state index contributed by atoms with van der Waals surface area (Å²) in [5.74, 6) is 3.45. The van der Waals surface area contributed by atoms with Gasteiger partial charge in [-0.3, -0.25) is 4.99 Å². The lowest BCUT2D eigenvalue weighted by molar-refractivity contribution is 0.304. The highest BCUT2D eigenvalue weighted by molar-refractivity contribution is 5.70. The van der Waals surface area contributed by atoms with Crippen molar-refractivity contribution in [3.05, 3.63) is 11.6 Å². The Labute approximate surface area is 132 Å². The number of hydrogen-bond donors (Lipinski definition) is 0. The molecule has 2 aliphatic carbocycles. The van der Waals surface area contributed by atoms with Crippen LogP contribution in [0.4, 0.5) is 0 Å². The highest BCUT2D eigenvalue weighted by atomic mass is 14.7.